The van der Waals surface area contributed by atoms with Crippen molar-refractivity contribution in [2.24, 2.45) is 0 Å². The third-order valence-corrected chi connectivity index (χ3v) is 3.41. The third-order valence-electron chi connectivity index (χ3n) is 3.41. The SMILES string of the molecule is CNCCCNCc1ccccc1OCc1ccccc1F.Cl.Cl. The molecule has 0 aromatic heterocycles. The molecule has 0 unspecified atom stereocenters. The van der Waals surface area contributed by atoms with Gasteiger partial charge in [0.1, 0.15) is 18.2 Å². The molecular formula is C18H25Cl2FN2O. The van der Waals surface area contributed by atoms with Crippen LogP contribution in [0.1, 0.15) is 17.5 Å². The van der Waals surface area contributed by atoms with Crippen molar-refractivity contribution >= 4 is 24.8 Å². The highest BCUT2D eigenvalue weighted by molar-refractivity contribution is 5.85. The van der Waals surface area contributed by atoms with Crippen LogP contribution in [0.2, 0.25) is 0 Å². The number of hydrogen-bond acceptors (Lipinski definition) is 3. The second-order valence-electron chi connectivity index (χ2n) is 5.12. The normalized spacial score (nSPS) is 9.75. The third kappa shape index (κ3) is 7.49. The van der Waals surface area contributed by atoms with Crippen LogP contribution in [-0.2, 0) is 13.2 Å². The first kappa shape index (κ1) is 22.7. The van der Waals surface area contributed by atoms with E-state index in [1.807, 2.05) is 37.4 Å². The first-order valence-electron chi connectivity index (χ1n) is 7.60. The van der Waals surface area contributed by atoms with Crippen LogP contribution in [0.4, 0.5) is 4.39 Å². The number of nitrogens with one attached hydrogen (secondary N) is 2. The van der Waals surface area contributed by atoms with E-state index in [1.54, 1.807) is 12.1 Å². The lowest BCUT2D eigenvalue weighted by Crippen LogP contribution is -2.19. The minimum absolute atomic E-state index is 0. The molecule has 0 heterocycles. The van der Waals surface area contributed by atoms with E-state index in [-0.39, 0.29) is 37.2 Å². The van der Waals surface area contributed by atoms with Gasteiger partial charge in [-0.2, -0.15) is 0 Å². The Morgan fingerprint density at radius 1 is 0.917 bits per heavy atom. The van der Waals surface area contributed by atoms with Gasteiger partial charge in [0.05, 0.1) is 0 Å². The average molecular weight is 375 g/mol. The molecule has 0 saturated heterocycles. The lowest BCUT2D eigenvalue weighted by Gasteiger charge is -2.12. The van der Waals surface area contributed by atoms with Crippen molar-refractivity contribution in [1.82, 2.24) is 10.6 Å². The molecule has 0 bridgehead atoms. The minimum Gasteiger partial charge on any atom is -0.488 e. The molecule has 0 atom stereocenters. The van der Waals surface area contributed by atoms with E-state index in [2.05, 4.69) is 10.6 Å². The molecule has 6 heteroatoms. The lowest BCUT2D eigenvalue weighted by molar-refractivity contribution is 0.296. The zero-order valence-electron chi connectivity index (χ0n) is 13.8. The summed E-state index contributed by atoms with van der Waals surface area (Å²) in [6.07, 6.45) is 1.08. The maximum Gasteiger partial charge on any atom is 0.129 e. The fraction of sp³-hybridized carbons (Fsp3) is 0.333. The largest absolute Gasteiger partial charge is 0.488 e. The standard InChI is InChI=1S/C18H23FN2O.2ClH/c1-20-11-6-12-21-13-15-7-3-5-10-18(15)22-14-16-8-2-4-9-17(16)19;;/h2-5,7-10,20-21H,6,11-14H2,1H3;2*1H. The number of benzene rings is 2. The molecule has 3 nitrogen and oxygen atoms in total. The van der Waals surface area contributed by atoms with E-state index in [9.17, 15) is 4.39 Å². The summed E-state index contributed by atoms with van der Waals surface area (Å²) in [6.45, 7) is 2.93. The van der Waals surface area contributed by atoms with Gasteiger partial charge < -0.3 is 15.4 Å². The fourth-order valence-corrected chi connectivity index (χ4v) is 2.17. The van der Waals surface area contributed by atoms with Crippen LogP contribution in [0, 0.1) is 5.82 Å². The predicted molar refractivity (Wildman–Crippen MR) is 102 cm³/mol. The Hall–Kier alpha value is -1.33. The van der Waals surface area contributed by atoms with Gasteiger partial charge in [-0.15, -0.1) is 24.8 Å². The van der Waals surface area contributed by atoms with E-state index in [0.29, 0.717) is 5.56 Å². The van der Waals surface area contributed by atoms with Gasteiger partial charge in [-0.1, -0.05) is 36.4 Å². The summed E-state index contributed by atoms with van der Waals surface area (Å²) < 4.78 is 19.4. The van der Waals surface area contributed by atoms with Crippen molar-refractivity contribution in [3.63, 3.8) is 0 Å². The highest BCUT2D eigenvalue weighted by Gasteiger charge is 2.05. The maximum absolute atomic E-state index is 13.6. The Kier molecular flexibility index (Phi) is 12.3. The van der Waals surface area contributed by atoms with Crippen molar-refractivity contribution < 1.29 is 9.13 Å². The highest BCUT2D eigenvalue weighted by atomic mass is 35.5. The molecule has 0 amide bonds. The Labute approximate surface area is 155 Å². The van der Waals surface area contributed by atoms with Gasteiger partial charge in [0.2, 0.25) is 0 Å². The molecular weight excluding hydrogens is 350 g/mol. The van der Waals surface area contributed by atoms with Crippen LogP contribution in [0.3, 0.4) is 0 Å². The number of ether oxygens (including phenoxy) is 1. The summed E-state index contributed by atoms with van der Waals surface area (Å²) in [6, 6.07) is 14.6. The second-order valence-corrected chi connectivity index (χ2v) is 5.12. The van der Waals surface area contributed by atoms with Crippen LogP contribution in [0.5, 0.6) is 5.75 Å². The summed E-state index contributed by atoms with van der Waals surface area (Å²) in [5.41, 5.74) is 1.66. The first-order valence-corrected chi connectivity index (χ1v) is 7.60. The number of para-hydroxylation sites is 1. The molecule has 0 fully saturated rings. The van der Waals surface area contributed by atoms with E-state index >= 15 is 0 Å². The fourth-order valence-electron chi connectivity index (χ4n) is 2.17. The van der Waals surface area contributed by atoms with Gasteiger partial charge in [-0.25, -0.2) is 4.39 Å². The highest BCUT2D eigenvalue weighted by Crippen LogP contribution is 2.20. The van der Waals surface area contributed by atoms with Gasteiger partial charge in [0.15, 0.2) is 0 Å². The molecule has 2 aromatic rings. The molecule has 0 spiro atoms. The number of hydrogen-bond donors (Lipinski definition) is 2. The molecule has 2 aromatic carbocycles. The van der Waals surface area contributed by atoms with E-state index in [4.69, 9.17) is 4.74 Å². The molecule has 0 aliphatic heterocycles. The minimum atomic E-state index is -0.231. The van der Waals surface area contributed by atoms with Gasteiger partial charge in [-0.3, -0.25) is 0 Å². The first-order chi connectivity index (χ1) is 10.8. The molecule has 0 saturated carbocycles. The number of halogens is 3. The van der Waals surface area contributed by atoms with Crippen molar-refractivity contribution in [1.29, 1.82) is 0 Å². The Bertz CT molecular complexity index is 584. The topological polar surface area (TPSA) is 33.3 Å². The van der Waals surface area contributed by atoms with E-state index in [1.165, 1.54) is 6.07 Å². The van der Waals surface area contributed by atoms with E-state index < -0.39 is 0 Å². The van der Waals surface area contributed by atoms with Crippen molar-refractivity contribution in [3.05, 3.63) is 65.5 Å². The smallest absolute Gasteiger partial charge is 0.129 e. The molecule has 2 N–H and O–H groups in total. The molecule has 0 aliphatic rings. The summed E-state index contributed by atoms with van der Waals surface area (Å²) in [4.78, 5) is 0. The molecule has 2 rings (SSSR count). The van der Waals surface area contributed by atoms with Crippen LogP contribution < -0.4 is 15.4 Å². The van der Waals surface area contributed by atoms with Gasteiger partial charge in [-0.05, 0) is 38.7 Å². The molecule has 0 aliphatic carbocycles. The zero-order chi connectivity index (χ0) is 15.6. The van der Waals surface area contributed by atoms with Crippen molar-refractivity contribution in [2.45, 2.75) is 19.6 Å². The summed E-state index contributed by atoms with van der Waals surface area (Å²) in [5.74, 6) is 0.567. The lowest BCUT2D eigenvalue weighted by atomic mass is 10.2. The molecule has 0 radical (unpaired) electrons. The van der Waals surface area contributed by atoms with Gasteiger partial charge in [0.25, 0.3) is 0 Å². The summed E-state index contributed by atoms with van der Waals surface area (Å²) in [5, 5.41) is 6.51. The monoisotopic (exact) mass is 374 g/mol. The van der Waals surface area contributed by atoms with Crippen LogP contribution in [-0.4, -0.2) is 20.1 Å². The maximum atomic E-state index is 13.6. The number of rotatable bonds is 9. The Morgan fingerprint density at radius 3 is 2.29 bits per heavy atom. The average Bonchev–Trinajstić information content (AvgIpc) is 2.55. The van der Waals surface area contributed by atoms with Gasteiger partial charge in [0, 0.05) is 17.7 Å². The molecule has 24 heavy (non-hydrogen) atoms. The van der Waals surface area contributed by atoms with Crippen LogP contribution in [0.25, 0.3) is 0 Å². The summed E-state index contributed by atoms with van der Waals surface area (Å²) >= 11 is 0. The Balaban J connectivity index is 0.00000264. The van der Waals surface area contributed by atoms with E-state index in [0.717, 1.165) is 37.4 Å². The molecule has 134 valence electrons. The summed E-state index contributed by atoms with van der Waals surface area (Å²) in [7, 11) is 1.95. The van der Waals surface area contributed by atoms with Crippen molar-refractivity contribution in [2.75, 3.05) is 20.1 Å². The van der Waals surface area contributed by atoms with Crippen LogP contribution in [0.15, 0.2) is 48.5 Å². The van der Waals surface area contributed by atoms with Crippen molar-refractivity contribution in [3.8, 4) is 5.75 Å². The van der Waals surface area contributed by atoms with Gasteiger partial charge >= 0.3 is 0 Å². The zero-order valence-corrected chi connectivity index (χ0v) is 15.4. The van der Waals surface area contributed by atoms with Crippen LogP contribution >= 0.6 is 24.8 Å². The second kappa shape index (κ2) is 13.0. The Morgan fingerprint density at radius 2 is 1.58 bits per heavy atom. The quantitative estimate of drug-likeness (QED) is 0.652. The predicted octanol–water partition coefficient (Wildman–Crippen LogP) is 3.95.